The molecule has 28 heavy (non-hydrogen) atoms. The maximum Gasteiger partial charge on any atom is 0.358 e. The fourth-order valence-electron chi connectivity index (χ4n) is 4.56. The number of carboxylic acid groups (broad SMARTS) is 1. The number of carbonyl (C=O) groups is 1. The Morgan fingerprint density at radius 2 is 1.96 bits per heavy atom. The molecule has 0 aliphatic heterocycles. The van der Waals surface area contributed by atoms with Gasteiger partial charge in [-0.3, -0.25) is 9.36 Å². The molecule has 3 fully saturated rings. The van der Waals surface area contributed by atoms with Crippen LogP contribution in [0.1, 0.15) is 36.7 Å². The van der Waals surface area contributed by atoms with E-state index in [-0.39, 0.29) is 29.4 Å². The van der Waals surface area contributed by atoms with Crippen LogP contribution in [0.5, 0.6) is 5.75 Å². The Kier molecular flexibility index (Phi) is 3.44. The van der Waals surface area contributed by atoms with Crippen molar-refractivity contribution in [3.63, 3.8) is 0 Å². The number of carboxylic acids is 1. The third kappa shape index (κ3) is 2.11. The molecule has 1 aromatic carbocycles. The molecule has 3 saturated carbocycles. The third-order valence-electron chi connectivity index (χ3n) is 5.98. The minimum atomic E-state index is -1.30. The molecule has 0 spiro atoms. The fraction of sp³-hybridized carbons (Fsp3) is 0.400. The maximum atomic E-state index is 12.8. The molecule has 0 radical (unpaired) electrons. The molecule has 0 atom stereocenters. The van der Waals surface area contributed by atoms with E-state index < -0.39 is 11.5 Å². The summed E-state index contributed by atoms with van der Waals surface area (Å²) < 4.78 is 8.79. The molecule has 0 amide bonds. The van der Waals surface area contributed by atoms with Crippen LogP contribution >= 0.6 is 0 Å². The molecule has 0 saturated heterocycles. The number of hydrogen-bond acceptors (Lipinski definition) is 5. The Labute approximate surface area is 160 Å². The zero-order chi connectivity index (χ0) is 19.6. The molecule has 8 heteroatoms. The zero-order valence-corrected chi connectivity index (χ0v) is 15.7. The molecule has 6 rings (SSSR count). The topological polar surface area (TPSA) is 99.2 Å². The summed E-state index contributed by atoms with van der Waals surface area (Å²) in [6.07, 6.45) is 3.24. The van der Waals surface area contributed by atoms with Crippen LogP contribution in [0.15, 0.2) is 29.1 Å². The minimum absolute atomic E-state index is 0.00416. The second-order valence-corrected chi connectivity index (χ2v) is 7.68. The van der Waals surface area contributed by atoms with Crippen molar-refractivity contribution in [1.82, 2.24) is 19.1 Å². The van der Waals surface area contributed by atoms with E-state index in [9.17, 15) is 14.7 Å². The van der Waals surface area contributed by atoms with Crippen LogP contribution in [-0.2, 0) is 12.6 Å². The van der Waals surface area contributed by atoms with Crippen molar-refractivity contribution >= 4 is 17.0 Å². The SMILES string of the molecule is CCOc1c(C(=O)O)nc(-c2nc3ccccc3n2C23CC(C2)C3)n(C)c1=O. The highest BCUT2D eigenvalue weighted by molar-refractivity contribution is 5.89. The Morgan fingerprint density at radius 1 is 1.25 bits per heavy atom. The molecular formula is C20H20N4O4. The van der Waals surface area contributed by atoms with Crippen molar-refractivity contribution < 1.29 is 14.6 Å². The quantitative estimate of drug-likeness (QED) is 0.730. The van der Waals surface area contributed by atoms with E-state index in [2.05, 4.69) is 9.55 Å². The van der Waals surface area contributed by atoms with E-state index in [0.717, 1.165) is 36.2 Å². The summed E-state index contributed by atoms with van der Waals surface area (Å²) in [7, 11) is 1.57. The van der Waals surface area contributed by atoms with Crippen LogP contribution in [-0.4, -0.2) is 36.8 Å². The van der Waals surface area contributed by atoms with Gasteiger partial charge in [-0.05, 0) is 44.2 Å². The summed E-state index contributed by atoms with van der Waals surface area (Å²) >= 11 is 0. The molecule has 8 nitrogen and oxygen atoms in total. The summed E-state index contributed by atoms with van der Waals surface area (Å²) in [6.45, 7) is 1.88. The minimum Gasteiger partial charge on any atom is -0.486 e. The van der Waals surface area contributed by atoms with E-state index >= 15 is 0 Å². The lowest BCUT2D eigenvalue weighted by Crippen LogP contribution is -2.59. The van der Waals surface area contributed by atoms with Gasteiger partial charge >= 0.3 is 5.97 Å². The van der Waals surface area contributed by atoms with E-state index in [0.29, 0.717) is 5.82 Å². The highest BCUT2D eigenvalue weighted by Gasteiger charge is 2.59. The van der Waals surface area contributed by atoms with Gasteiger partial charge in [-0.25, -0.2) is 14.8 Å². The predicted octanol–water partition coefficient (Wildman–Crippen LogP) is 2.40. The lowest BCUT2D eigenvalue weighted by Gasteiger charge is -2.62. The van der Waals surface area contributed by atoms with Crippen LogP contribution in [0.3, 0.4) is 0 Å². The molecule has 3 aliphatic rings. The lowest BCUT2D eigenvalue weighted by atomic mass is 9.49. The summed E-state index contributed by atoms with van der Waals surface area (Å²) in [5.41, 5.74) is 0.880. The van der Waals surface area contributed by atoms with Gasteiger partial charge in [-0.15, -0.1) is 0 Å². The summed E-state index contributed by atoms with van der Waals surface area (Å²) in [5, 5.41) is 9.60. The average molecular weight is 380 g/mol. The summed E-state index contributed by atoms with van der Waals surface area (Å²) in [4.78, 5) is 33.7. The predicted molar refractivity (Wildman–Crippen MR) is 102 cm³/mol. The monoisotopic (exact) mass is 380 g/mol. The standard InChI is InChI=1S/C20H20N4O4/c1-3-28-15-14(19(26)27)22-16(23(2)18(15)25)17-21-12-6-4-5-7-13(12)24(17)20-8-11(9-20)10-20/h4-7,11H,3,8-10H2,1-2H3,(H,26,27). The van der Waals surface area contributed by atoms with E-state index in [1.54, 1.807) is 14.0 Å². The van der Waals surface area contributed by atoms with Crippen LogP contribution in [0.4, 0.5) is 0 Å². The average Bonchev–Trinajstić information content (AvgIpc) is 2.96. The first-order valence-corrected chi connectivity index (χ1v) is 9.40. The summed E-state index contributed by atoms with van der Waals surface area (Å²) in [5.74, 6) is -0.0121. The molecule has 3 aliphatic carbocycles. The second-order valence-electron chi connectivity index (χ2n) is 7.68. The number of rotatable bonds is 5. The normalized spacial score (nSPS) is 22.6. The second kappa shape index (κ2) is 5.67. The number of para-hydroxylation sites is 2. The highest BCUT2D eigenvalue weighted by Crippen LogP contribution is 2.63. The molecule has 144 valence electrons. The van der Waals surface area contributed by atoms with Crippen molar-refractivity contribution in [1.29, 1.82) is 0 Å². The van der Waals surface area contributed by atoms with Crippen LogP contribution in [0.2, 0.25) is 0 Å². The first-order chi connectivity index (χ1) is 13.4. The van der Waals surface area contributed by atoms with Gasteiger partial charge in [0.05, 0.1) is 17.6 Å². The van der Waals surface area contributed by atoms with E-state index in [1.165, 1.54) is 4.57 Å². The molecule has 2 heterocycles. The zero-order valence-electron chi connectivity index (χ0n) is 15.7. The number of nitrogens with zero attached hydrogens (tertiary/aromatic N) is 4. The number of ether oxygens (including phenoxy) is 1. The van der Waals surface area contributed by atoms with Gasteiger partial charge in [-0.2, -0.15) is 0 Å². The highest BCUT2D eigenvalue weighted by atomic mass is 16.5. The van der Waals surface area contributed by atoms with Gasteiger partial charge in [0.2, 0.25) is 5.75 Å². The number of hydrogen-bond donors (Lipinski definition) is 1. The molecule has 2 bridgehead atoms. The van der Waals surface area contributed by atoms with Crippen molar-refractivity contribution in [2.45, 2.75) is 31.7 Å². The van der Waals surface area contributed by atoms with E-state index in [1.807, 2.05) is 24.3 Å². The number of imidazole rings is 1. The number of aromatic carboxylic acids is 1. The first kappa shape index (κ1) is 17.0. The van der Waals surface area contributed by atoms with E-state index in [4.69, 9.17) is 9.72 Å². The number of fused-ring (bicyclic) bond motifs is 1. The largest absolute Gasteiger partial charge is 0.486 e. The lowest BCUT2D eigenvalue weighted by molar-refractivity contribution is -0.0847. The van der Waals surface area contributed by atoms with Gasteiger partial charge in [-0.1, -0.05) is 12.1 Å². The van der Waals surface area contributed by atoms with Crippen molar-refractivity contribution in [2.24, 2.45) is 13.0 Å². The fourth-order valence-corrected chi connectivity index (χ4v) is 4.56. The Morgan fingerprint density at radius 3 is 2.57 bits per heavy atom. The molecular weight excluding hydrogens is 360 g/mol. The number of benzene rings is 1. The molecule has 3 aromatic rings. The van der Waals surface area contributed by atoms with Crippen LogP contribution < -0.4 is 10.3 Å². The molecule has 1 N–H and O–H groups in total. The Bertz CT molecular complexity index is 1180. The Balaban J connectivity index is 1.81. The van der Waals surface area contributed by atoms with Crippen molar-refractivity contribution in [2.75, 3.05) is 6.61 Å². The number of aromatic nitrogens is 4. The van der Waals surface area contributed by atoms with Gasteiger partial charge in [0.25, 0.3) is 5.56 Å². The third-order valence-corrected chi connectivity index (χ3v) is 5.98. The van der Waals surface area contributed by atoms with Crippen LogP contribution in [0, 0.1) is 5.92 Å². The van der Waals surface area contributed by atoms with Gasteiger partial charge in [0.15, 0.2) is 17.3 Å². The van der Waals surface area contributed by atoms with Gasteiger partial charge < -0.3 is 14.4 Å². The van der Waals surface area contributed by atoms with Gasteiger partial charge in [0.1, 0.15) is 0 Å². The molecule has 2 aromatic heterocycles. The molecule has 0 unspecified atom stereocenters. The Hall–Kier alpha value is -3.16. The first-order valence-electron chi connectivity index (χ1n) is 9.40. The summed E-state index contributed by atoms with van der Waals surface area (Å²) in [6, 6.07) is 7.81. The van der Waals surface area contributed by atoms with Crippen LogP contribution in [0.25, 0.3) is 22.7 Å². The smallest absolute Gasteiger partial charge is 0.358 e. The van der Waals surface area contributed by atoms with Crippen molar-refractivity contribution in [3.8, 4) is 17.4 Å². The maximum absolute atomic E-state index is 12.8. The van der Waals surface area contributed by atoms with Gasteiger partial charge in [0, 0.05) is 12.6 Å². The van der Waals surface area contributed by atoms with Crippen molar-refractivity contribution in [3.05, 3.63) is 40.3 Å².